The van der Waals surface area contributed by atoms with Gasteiger partial charge in [-0.05, 0) is 92.3 Å². The molecule has 0 saturated carbocycles. The van der Waals surface area contributed by atoms with Gasteiger partial charge in [-0.1, -0.05) is 23.7 Å². The van der Waals surface area contributed by atoms with E-state index in [1.54, 1.807) is 18.3 Å². The molecule has 3 heterocycles. The highest BCUT2D eigenvalue weighted by Gasteiger charge is 2.42. The number of aromatic nitrogens is 2. The van der Waals surface area contributed by atoms with Gasteiger partial charge in [0.2, 0.25) is 0 Å². The van der Waals surface area contributed by atoms with E-state index in [-0.39, 0.29) is 17.8 Å². The molecule has 0 bridgehead atoms. The van der Waals surface area contributed by atoms with Gasteiger partial charge >= 0.3 is 0 Å². The van der Waals surface area contributed by atoms with Gasteiger partial charge in [0.05, 0.1) is 17.8 Å². The van der Waals surface area contributed by atoms with Crippen molar-refractivity contribution in [2.75, 3.05) is 4.90 Å². The van der Waals surface area contributed by atoms with Crippen LogP contribution in [0.5, 0.6) is 5.75 Å². The minimum atomic E-state index is -0.138. The normalized spacial score (nSPS) is 17.9. The molecule has 166 valence electrons. The lowest BCUT2D eigenvalue weighted by molar-refractivity contribution is 0.475. The molecule has 1 fully saturated rings. The lowest BCUT2D eigenvalue weighted by atomic mass is 9.96. The number of hydrogen-bond donors (Lipinski definition) is 2. The first-order valence-electron chi connectivity index (χ1n) is 10.7. The lowest BCUT2D eigenvalue weighted by Crippen LogP contribution is -2.29. The third-order valence-corrected chi connectivity index (χ3v) is 6.63. The molecule has 33 heavy (non-hydrogen) atoms. The number of anilines is 1. The molecule has 7 heteroatoms. The SMILES string of the molecule is Cc1cc([C@@H]2[C@@H](c3ccccn3)NC(=S)N2c2ccc(O)cc2)c(C)n1-c1cccc(Cl)c1. The van der Waals surface area contributed by atoms with Gasteiger partial charge in [0.25, 0.3) is 0 Å². The van der Waals surface area contributed by atoms with Crippen LogP contribution in [0.1, 0.15) is 34.7 Å². The Balaban J connectivity index is 1.68. The largest absolute Gasteiger partial charge is 0.508 e. The summed E-state index contributed by atoms with van der Waals surface area (Å²) in [5.41, 5.74) is 6.19. The van der Waals surface area contributed by atoms with Gasteiger partial charge in [-0.15, -0.1) is 0 Å². The molecular formula is C26H23ClN4OS. The second-order valence-electron chi connectivity index (χ2n) is 8.15. The van der Waals surface area contributed by atoms with E-state index in [4.69, 9.17) is 23.8 Å². The van der Waals surface area contributed by atoms with Crippen LogP contribution in [0.15, 0.2) is 79.0 Å². The van der Waals surface area contributed by atoms with Crippen molar-refractivity contribution >= 4 is 34.6 Å². The van der Waals surface area contributed by atoms with E-state index in [0.717, 1.165) is 34.0 Å². The minimum Gasteiger partial charge on any atom is -0.508 e. The van der Waals surface area contributed by atoms with Crippen molar-refractivity contribution in [3.8, 4) is 11.4 Å². The van der Waals surface area contributed by atoms with Crippen molar-refractivity contribution < 1.29 is 5.11 Å². The molecule has 1 saturated heterocycles. The predicted molar refractivity (Wildman–Crippen MR) is 136 cm³/mol. The maximum atomic E-state index is 9.82. The molecule has 1 aliphatic heterocycles. The number of nitrogens with zero attached hydrogens (tertiary/aromatic N) is 3. The average Bonchev–Trinajstić information content (AvgIpc) is 3.30. The summed E-state index contributed by atoms with van der Waals surface area (Å²) < 4.78 is 2.22. The molecule has 2 aromatic carbocycles. The third-order valence-electron chi connectivity index (χ3n) is 6.08. The molecule has 0 amide bonds. The molecular weight excluding hydrogens is 452 g/mol. The zero-order valence-corrected chi connectivity index (χ0v) is 19.8. The van der Waals surface area contributed by atoms with E-state index in [9.17, 15) is 5.11 Å². The second-order valence-corrected chi connectivity index (χ2v) is 8.98. The van der Waals surface area contributed by atoms with E-state index >= 15 is 0 Å². The summed E-state index contributed by atoms with van der Waals surface area (Å²) in [5.74, 6) is 0.216. The van der Waals surface area contributed by atoms with Crippen LogP contribution in [0.3, 0.4) is 0 Å². The van der Waals surface area contributed by atoms with Gasteiger partial charge in [0.15, 0.2) is 5.11 Å². The highest BCUT2D eigenvalue weighted by Crippen LogP contribution is 2.44. The summed E-state index contributed by atoms with van der Waals surface area (Å²) >= 11 is 12.1. The summed E-state index contributed by atoms with van der Waals surface area (Å²) in [6.07, 6.45) is 1.80. The van der Waals surface area contributed by atoms with E-state index in [1.165, 1.54) is 0 Å². The number of rotatable bonds is 4. The smallest absolute Gasteiger partial charge is 0.174 e. The number of phenols is 1. The molecule has 2 aromatic heterocycles. The zero-order valence-electron chi connectivity index (χ0n) is 18.2. The molecule has 4 aromatic rings. The van der Waals surface area contributed by atoms with Crippen molar-refractivity contribution in [1.29, 1.82) is 0 Å². The molecule has 2 N–H and O–H groups in total. The summed E-state index contributed by atoms with van der Waals surface area (Å²) in [5, 5.41) is 14.6. The van der Waals surface area contributed by atoms with Crippen LogP contribution >= 0.6 is 23.8 Å². The Morgan fingerprint density at radius 3 is 2.45 bits per heavy atom. The first-order chi connectivity index (χ1) is 15.9. The Labute approximate surface area is 203 Å². The first-order valence-corrected chi connectivity index (χ1v) is 11.5. The van der Waals surface area contributed by atoms with E-state index < -0.39 is 0 Å². The molecule has 0 unspecified atom stereocenters. The van der Waals surface area contributed by atoms with Gasteiger partial charge in [-0.3, -0.25) is 4.98 Å². The standard InChI is InChI=1S/C26H23ClN4OS/c1-16-14-22(17(2)30(16)20-7-5-6-18(27)15-20)25-24(23-8-3-4-13-28-23)29-26(33)31(25)19-9-11-21(32)12-10-19/h3-15,24-25,32H,1-2H3,(H,29,33)/t24-,25-/m1/s1. The van der Waals surface area contributed by atoms with Crippen LogP contribution in [0, 0.1) is 13.8 Å². The highest BCUT2D eigenvalue weighted by atomic mass is 35.5. The third kappa shape index (κ3) is 3.86. The van der Waals surface area contributed by atoms with Crippen LogP contribution in [0.4, 0.5) is 5.69 Å². The second kappa shape index (κ2) is 8.54. The number of aryl methyl sites for hydroxylation is 1. The minimum absolute atomic E-state index is 0.129. The molecule has 0 radical (unpaired) electrons. The molecule has 0 aliphatic carbocycles. The number of hydrogen-bond acceptors (Lipinski definition) is 3. The zero-order chi connectivity index (χ0) is 23.1. The lowest BCUT2D eigenvalue weighted by Gasteiger charge is -2.28. The van der Waals surface area contributed by atoms with Crippen molar-refractivity contribution in [3.63, 3.8) is 0 Å². The first kappa shape index (κ1) is 21.5. The molecule has 1 aliphatic rings. The topological polar surface area (TPSA) is 53.3 Å². The number of nitrogens with one attached hydrogen (secondary N) is 1. The Hall–Kier alpha value is -3.35. The van der Waals surface area contributed by atoms with Crippen molar-refractivity contribution in [1.82, 2.24) is 14.9 Å². The van der Waals surface area contributed by atoms with Crippen LogP contribution < -0.4 is 10.2 Å². The summed E-state index contributed by atoms with van der Waals surface area (Å²) in [6.45, 7) is 4.22. The van der Waals surface area contributed by atoms with E-state index in [2.05, 4.69) is 45.7 Å². The highest BCUT2D eigenvalue weighted by molar-refractivity contribution is 7.80. The number of thiocarbonyl (C=S) groups is 1. The fourth-order valence-corrected chi connectivity index (χ4v) is 5.19. The number of pyridine rings is 1. The van der Waals surface area contributed by atoms with Gasteiger partial charge in [-0.25, -0.2) is 0 Å². The fraction of sp³-hybridized carbons (Fsp3) is 0.154. The van der Waals surface area contributed by atoms with Gasteiger partial charge < -0.3 is 19.9 Å². The number of aromatic hydroxyl groups is 1. The van der Waals surface area contributed by atoms with E-state index in [0.29, 0.717) is 10.1 Å². The number of phenolic OH excluding ortho intramolecular Hbond substituents is 1. The van der Waals surface area contributed by atoms with Crippen molar-refractivity contribution in [2.45, 2.75) is 25.9 Å². The summed E-state index contributed by atoms with van der Waals surface area (Å²) in [6, 6.07) is 22.8. The summed E-state index contributed by atoms with van der Waals surface area (Å²) in [7, 11) is 0. The Bertz CT molecular complexity index is 1320. The monoisotopic (exact) mass is 474 g/mol. The molecule has 2 atom stereocenters. The quantitative estimate of drug-likeness (QED) is 0.354. The number of halogens is 1. The van der Waals surface area contributed by atoms with E-state index in [1.807, 2.05) is 48.5 Å². The van der Waals surface area contributed by atoms with Crippen LogP contribution in [-0.4, -0.2) is 19.8 Å². The maximum absolute atomic E-state index is 9.82. The van der Waals surface area contributed by atoms with Gasteiger partial charge in [-0.2, -0.15) is 0 Å². The van der Waals surface area contributed by atoms with Crippen molar-refractivity contribution in [2.24, 2.45) is 0 Å². The van der Waals surface area contributed by atoms with Crippen LogP contribution in [0.25, 0.3) is 5.69 Å². The molecule has 0 spiro atoms. The summed E-state index contributed by atoms with van der Waals surface area (Å²) in [4.78, 5) is 6.74. The predicted octanol–water partition coefficient (Wildman–Crippen LogP) is 6.03. The van der Waals surface area contributed by atoms with Gasteiger partial charge in [0.1, 0.15) is 5.75 Å². The van der Waals surface area contributed by atoms with Gasteiger partial charge in [0, 0.05) is 34.0 Å². The average molecular weight is 475 g/mol. The van der Waals surface area contributed by atoms with Crippen molar-refractivity contribution in [3.05, 3.63) is 107 Å². The van der Waals surface area contributed by atoms with Crippen LogP contribution in [-0.2, 0) is 0 Å². The molecule has 5 rings (SSSR count). The Morgan fingerprint density at radius 2 is 1.76 bits per heavy atom. The maximum Gasteiger partial charge on any atom is 0.174 e. The Kier molecular flexibility index (Phi) is 5.56. The Morgan fingerprint density at radius 1 is 0.970 bits per heavy atom. The number of benzene rings is 2. The van der Waals surface area contributed by atoms with Crippen LogP contribution in [0.2, 0.25) is 5.02 Å². The molecule has 5 nitrogen and oxygen atoms in total. The fourth-order valence-electron chi connectivity index (χ4n) is 4.66.